The summed E-state index contributed by atoms with van der Waals surface area (Å²) in [6, 6.07) is 32.5. The van der Waals surface area contributed by atoms with Crippen LogP contribution in [-0.2, 0) is 0 Å². The van der Waals surface area contributed by atoms with Crippen LogP contribution in [0.4, 0.5) is 0 Å². The minimum atomic E-state index is 0.0455. The molecule has 0 aliphatic carbocycles. The monoisotopic (exact) mass is 478 g/mol. The Balaban J connectivity index is 1.93. The van der Waals surface area contributed by atoms with Crippen molar-refractivity contribution in [3.8, 4) is 0 Å². The number of hydrogen-bond acceptors (Lipinski definition) is 3. The van der Waals surface area contributed by atoms with Crippen molar-refractivity contribution in [1.29, 1.82) is 0 Å². The summed E-state index contributed by atoms with van der Waals surface area (Å²) in [7, 11) is 0. The van der Waals surface area contributed by atoms with Crippen molar-refractivity contribution in [3.63, 3.8) is 0 Å². The average Bonchev–Trinajstić information content (AvgIpc) is 2.81. The summed E-state index contributed by atoms with van der Waals surface area (Å²) in [6.45, 7) is 9.50. The third-order valence-electron chi connectivity index (χ3n) is 5.33. The molecule has 0 bridgehead atoms. The van der Waals surface area contributed by atoms with Gasteiger partial charge in [-0.05, 0) is 61.6 Å². The number of benzene rings is 3. The van der Waals surface area contributed by atoms with Crippen molar-refractivity contribution < 1.29 is 0 Å². The van der Waals surface area contributed by atoms with E-state index in [0.717, 1.165) is 6.42 Å². The first-order valence-electron chi connectivity index (χ1n) is 11.4. The van der Waals surface area contributed by atoms with Crippen molar-refractivity contribution in [3.05, 3.63) is 102 Å². The molecule has 3 aromatic carbocycles. The summed E-state index contributed by atoms with van der Waals surface area (Å²) < 4.78 is 0.0455. The van der Waals surface area contributed by atoms with Crippen LogP contribution in [0, 0.1) is 5.92 Å². The maximum Gasteiger partial charge on any atom is 0.0311 e. The van der Waals surface area contributed by atoms with E-state index in [1.54, 1.807) is 0 Å². The van der Waals surface area contributed by atoms with Gasteiger partial charge >= 0.3 is 0 Å². The van der Waals surface area contributed by atoms with Gasteiger partial charge in [-0.15, -0.1) is 23.5 Å². The lowest BCUT2D eigenvalue weighted by Gasteiger charge is -2.38. The zero-order chi connectivity index (χ0) is 22.8. The van der Waals surface area contributed by atoms with Crippen LogP contribution in [0.15, 0.2) is 117 Å². The van der Waals surface area contributed by atoms with Crippen LogP contribution < -0.4 is 0 Å². The normalized spacial score (nSPS) is 14.2. The minimum absolute atomic E-state index is 0.0455. The van der Waals surface area contributed by atoms with E-state index in [1.165, 1.54) is 26.0 Å². The zero-order valence-corrected chi connectivity index (χ0v) is 22.0. The number of rotatable bonds is 11. The Hall–Kier alpha value is -1.55. The second kappa shape index (κ2) is 12.6. The largest absolute Gasteiger partial charge is 0.121 e. The summed E-state index contributed by atoms with van der Waals surface area (Å²) in [6.07, 6.45) is 4.77. The van der Waals surface area contributed by atoms with Gasteiger partial charge in [0.2, 0.25) is 0 Å². The SMILES string of the molecule is CCC/C=C(\Sc1ccccc1)[C@H](C)[C@@H](Sc1ccccc1)C(C)(C)Sc1ccccc1. The van der Waals surface area contributed by atoms with E-state index in [2.05, 4.69) is 125 Å². The fourth-order valence-electron chi connectivity index (χ4n) is 3.72. The molecule has 0 saturated heterocycles. The van der Waals surface area contributed by atoms with Crippen molar-refractivity contribution >= 4 is 35.3 Å². The van der Waals surface area contributed by atoms with Gasteiger partial charge in [0, 0.05) is 30.6 Å². The summed E-state index contributed by atoms with van der Waals surface area (Å²) >= 11 is 5.95. The molecular weight excluding hydrogens is 445 g/mol. The molecule has 168 valence electrons. The molecular formula is C29H34S3. The standard InChI is InChI=1S/C29H34S3/c1-5-6-22-27(30-24-16-10-7-11-17-24)23(2)28(31-25-18-12-8-13-19-25)29(3,4)32-26-20-14-9-15-21-26/h7-23,28H,5-6H2,1-4H3/b27-22-/t23-,28+/m0/s1. The van der Waals surface area contributed by atoms with Gasteiger partial charge in [-0.1, -0.05) is 92.7 Å². The lowest BCUT2D eigenvalue weighted by Crippen LogP contribution is -2.36. The molecule has 0 spiro atoms. The van der Waals surface area contributed by atoms with Crippen LogP contribution in [0.2, 0.25) is 0 Å². The summed E-state index contributed by atoms with van der Waals surface area (Å²) in [4.78, 5) is 5.47. The fraction of sp³-hybridized carbons (Fsp3) is 0.310. The van der Waals surface area contributed by atoms with Crippen molar-refractivity contribution in [1.82, 2.24) is 0 Å². The molecule has 3 heteroatoms. The second-order valence-corrected chi connectivity index (χ2v) is 12.6. The third kappa shape index (κ3) is 7.50. The Kier molecular flexibility index (Phi) is 9.90. The van der Waals surface area contributed by atoms with E-state index in [1.807, 2.05) is 35.3 Å². The van der Waals surface area contributed by atoms with Crippen LogP contribution >= 0.6 is 35.3 Å². The molecule has 0 unspecified atom stereocenters. The minimum Gasteiger partial charge on any atom is -0.121 e. The van der Waals surface area contributed by atoms with Gasteiger partial charge in [0.1, 0.15) is 0 Å². The third-order valence-corrected chi connectivity index (χ3v) is 9.85. The number of thioether (sulfide) groups is 3. The maximum absolute atomic E-state index is 2.48. The Bertz CT molecular complexity index is 949. The molecule has 0 aliphatic rings. The van der Waals surface area contributed by atoms with Crippen LogP contribution in [0.1, 0.15) is 40.5 Å². The Labute approximate surface area is 207 Å². The molecule has 0 fully saturated rings. The first-order chi connectivity index (χ1) is 15.5. The first-order valence-corrected chi connectivity index (χ1v) is 13.9. The molecule has 0 N–H and O–H groups in total. The highest BCUT2D eigenvalue weighted by Crippen LogP contribution is 2.49. The number of hydrogen-bond donors (Lipinski definition) is 0. The molecule has 0 aliphatic heterocycles. The molecule has 2 atom stereocenters. The lowest BCUT2D eigenvalue weighted by atomic mass is 9.96. The van der Waals surface area contributed by atoms with E-state index in [9.17, 15) is 0 Å². The molecule has 3 rings (SSSR count). The Morgan fingerprint density at radius 2 is 1.28 bits per heavy atom. The van der Waals surface area contributed by atoms with Crippen LogP contribution in [0.3, 0.4) is 0 Å². The van der Waals surface area contributed by atoms with Crippen molar-refractivity contribution in [2.24, 2.45) is 5.92 Å². The summed E-state index contributed by atoms with van der Waals surface area (Å²) in [5.74, 6) is 0.420. The van der Waals surface area contributed by atoms with E-state index in [0.29, 0.717) is 11.2 Å². The van der Waals surface area contributed by atoms with E-state index in [-0.39, 0.29) is 4.75 Å². The molecule has 0 heterocycles. The zero-order valence-electron chi connectivity index (χ0n) is 19.5. The van der Waals surface area contributed by atoms with Crippen LogP contribution in [-0.4, -0.2) is 10.00 Å². The van der Waals surface area contributed by atoms with E-state index < -0.39 is 0 Å². The smallest absolute Gasteiger partial charge is 0.0311 e. The van der Waals surface area contributed by atoms with Gasteiger partial charge in [-0.2, -0.15) is 0 Å². The Morgan fingerprint density at radius 3 is 1.81 bits per heavy atom. The predicted molar refractivity (Wildman–Crippen MR) is 147 cm³/mol. The van der Waals surface area contributed by atoms with E-state index in [4.69, 9.17) is 0 Å². The van der Waals surface area contributed by atoms with Crippen molar-refractivity contribution in [2.75, 3.05) is 0 Å². The predicted octanol–water partition coefficient (Wildman–Crippen LogP) is 9.83. The van der Waals surface area contributed by atoms with Gasteiger partial charge in [0.25, 0.3) is 0 Å². The second-order valence-electron chi connectivity index (χ2n) is 8.47. The highest BCUT2D eigenvalue weighted by molar-refractivity contribution is 8.05. The molecule has 0 nitrogen and oxygen atoms in total. The topological polar surface area (TPSA) is 0 Å². The molecule has 32 heavy (non-hydrogen) atoms. The molecule has 0 saturated carbocycles. The number of allylic oxidation sites excluding steroid dienone is 2. The molecule has 0 aromatic heterocycles. The Morgan fingerprint density at radius 1 is 0.781 bits per heavy atom. The fourth-order valence-corrected chi connectivity index (χ4v) is 7.65. The molecule has 0 radical (unpaired) electrons. The lowest BCUT2D eigenvalue weighted by molar-refractivity contribution is 0.553. The summed E-state index contributed by atoms with van der Waals surface area (Å²) in [5, 5.41) is 0.412. The van der Waals surface area contributed by atoms with Crippen LogP contribution in [0.25, 0.3) is 0 Å². The van der Waals surface area contributed by atoms with Gasteiger partial charge < -0.3 is 0 Å². The molecule has 3 aromatic rings. The quantitative estimate of drug-likeness (QED) is 0.252. The first kappa shape index (κ1) is 25.1. The van der Waals surface area contributed by atoms with Crippen LogP contribution in [0.5, 0.6) is 0 Å². The van der Waals surface area contributed by atoms with E-state index >= 15 is 0 Å². The van der Waals surface area contributed by atoms with Gasteiger partial charge in [0.05, 0.1) is 0 Å². The van der Waals surface area contributed by atoms with Gasteiger partial charge in [0.15, 0.2) is 0 Å². The highest BCUT2D eigenvalue weighted by atomic mass is 32.2. The average molecular weight is 479 g/mol. The highest BCUT2D eigenvalue weighted by Gasteiger charge is 2.37. The maximum atomic E-state index is 2.48. The van der Waals surface area contributed by atoms with Gasteiger partial charge in [-0.25, -0.2) is 0 Å². The number of unbranched alkanes of at least 4 members (excludes halogenated alkanes) is 1. The summed E-state index contributed by atoms with van der Waals surface area (Å²) in [5.41, 5.74) is 0. The van der Waals surface area contributed by atoms with Crippen molar-refractivity contribution in [2.45, 2.75) is 65.2 Å². The van der Waals surface area contributed by atoms with Gasteiger partial charge in [-0.3, -0.25) is 0 Å². The molecule has 0 amide bonds.